The van der Waals surface area contributed by atoms with Crippen molar-refractivity contribution in [3.63, 3.8) is 0 Å². The zero-order chi connectivity index (χ0) is 17.8. The molecule has 0 bridgehead atoms. The highest BCUT2D eigenvalue weighted by molar-refractivity contribution is 5.91. The van der Waals surface area contributed by atoms with Crippen molar-refractivity contribution in [3.05, 3.63) is 41.4 Å². The molecule has 2 N–H and O–H groups in total. The Morgan fingerprint density at radius 1 is 1.40 bits per heavy atom. The van der Waals surface area contributed by atoms with Gasteiger partial charge in [-0.3, -0.25) is 4.79 Å². The second-order valence-electron chi connectivity index (χ2n) is 6.68. The number of aliphatic hydroxyl groups excluding tert-OH is 1. The fourth-order valence-corrected chi connectivity index (χ4v) is 3.33. The molecule has 0 aromatic heterocycles. The molecule has 5 nitrogen and oxygen atoms in total. The molecule has 2 aliphatic heterocycles. The second-order valence-corrected chi connectivity index (χ2v) is 6.68. The van der Waals surface area contributed by atoms with Crippen molar-refractivity contribution in [1.82, 2.24) is 5.32 Å². The lowest BCUT2D eigenvalue weighted by Gasteiger charge is -2.34. The highest BCUT2D eigenvalue weighted by Crippen LogP contribution is 2.30. The number of carbonyl (C=O) groups is 1. The van der Waals surface area contributed by atoms with Crippen LogP contribution in [0.25, 0.3) is 0 Å². The predicted molar refractivity (Wildman–Crippen MR) is 93.7 cm³/mol. The summed E-state index contributed by atoms with van der Waals surface area (Å²) in [7, 11) is 0. The molecule has 1 saturated heterocycles. The van der Waals surface area contributed by atoms with E-state index >= 15 is 0 Å². The minimum Gasteiger partial charge on any atom is -0.488 e. The topological polar surface area (TPSA) is 61.8 Å². The summed E-state index contributed by atoms with van der Waals surface area (Å²) in [5.41, 5.74) is 1.64. The quantitative estimate of drug-likeness (QED) is 0.878. The maximum atomic E-state index is 13.8. The zero-order valence-electron chi connectivity index (χ0n) is 14.5. The molecule has 1 atom stereocenters. The summed E-state index contributed by atoms with van der Waals surface area (Å²) in [6, 6.07) is 4.31. The average molecular weight is 348 g/mol. The Morgan fingerprint density at radius 2 is 2.16 bits per heavy atom. The van der Waals surface area contributed by atoms with Gasteiger partial charge < -0.3 is 20.1 Å². The summed E-state index contributed by atoms with van der Waals surface area (Å²) >= 11 is 0. The van der Waals surface area contributed by atoms with Crippen molar-refractivity contribution in [3.8, 4) is 0 Å². The third-order valence-electron chi connectivity index (χ3n) is 4.77. The van der Waals surface area contributed by atoms with Gasteiger partial charge in [-0.05, 0) is 56.9 Å². The van der Waals surface area contributed by atoms with Crippen LogP contribution in [0.2, 0.25) is 0 Å². The molecule has 3 rings (SSSR count). The van der Waals surface area contributed by atoms with E-state index in [-0.39, 0.29) is 23.9 Å². The molecule has 2 heterocycles. The van der Waals surface area contributed by atoms with Crippen molar-refractivity contribution in [2.75, 3.05) is 24.6 Å². The average Bonchev–Trinajstić information content (AvgIpc) is 2.63. The molecule has 0 radical (unpaired) electrons. The number of anilines is 1. The van der Waals surface area contributed by atoms with Gasteiger partial charge >= 0.3 is 0 Å². The summed E-state index contributed by atoms with van der Waals surface area (Å²) in [5, 5.41) is 12.6. The molecular weight excluding hydrogens is 323 g/mol. The number of ether oxygens (including phenoxy) is 1. The molecule has 1 fully saturated rings. The van der Waals surface area contributed by atoms with Crippen LogP contribution in [0, 0.1) is 5.82 Å². The number of carbonyl (C=O) groups excluding carboxylic acids is 1. The van der Waals surface area contributed by atoms with E-state index in [1.807, 2.05) is 6.92 Å². The Morgan fingerprint density at radius 3 is 2.84 bits per heavy atom. The lowest BCUT2D eigenvalue weighted by atomic mass is 10.0. The first-order chi connectivity index (χ1) is 12.0. The summed E-state index contributed by atoms with van der Waals surface area (Å²) in [5.74, 6) is -0.251. The van der Waals surface area contributed by atoms with Crippen molar-refractivity contribution < 1.29 is 19.0 Å². The van der Waals surface area contributed by atoms with Gasteiger partial charge in [0.2, 0.25) is 0 Å². The number of hydrogen-bond acceptors (Lipinski definition) is 4. The molecule has 1 aromatic carbocycles. The van der Waals surface area contributed by atoms with Crippen LogP contribution in [0.1, 0.15) is 44.2 Å². The molecule has 25 heavy (non-hydrogen) atoms. The first kappa shape index (κ1) is 17.7. The smallest absolute Gasteiger partial charge is 0.286 e. The Kier molecular flexibility index (Phi) is 5.58. The highest BCUT2D eigenvalue weighted by atomic mass is 19.1. The predicted octanol–water partition coefficient (Wildman–Crippen LogP) is 2.66. The lowest BCUT2D eigenvalue weighted by molar-refractivity contribution is -0.121. The van der Waals surface area contributed by atoms with Crippen LogP contribution < -0.4 is 10.2 Å². The number of hydrogen-bond donors (Lipinski definition) is 2. The number of nitrogens with one attached hydrogen (secondary N) is 1. The van der Waals surface area contributed by atoms with Crippen molar-refractivity contribution >= 4 is 11.6 Å². The maximum absolute atomic E-state index is 13.8. The van der Waals surface area contributed by atoms with Crippen LogP contribution in [0.5, 0.6) is 0 Å². The molecule has 0 saturated carbocycles. The van der Waals surface area contributed by atoms with E-state index in [1.165, 1.54) is 12.1 Å². The Hall–Kier alpha value is -2.08. The fraction of sp³-hybridized carbons (Fsp3) is 0.526. The second kappa shape index (κ2) is 7.87. The molecule has 136 valence electrons. The summed E-state index contributed by atoms with van der Waals surface area (Å²) in [4.78, 5) is 14.5. The van der Waals surface area contributed by atoms with Gasteiger partial charge in [0.25, 0.3) is 5.91 Å². The monoisotopic (exact) mass is 348 g/mol. The molecular formula is C19H25FN2O3. The molecule has 0 spiro atoms. The van der Waals surface area contributed by atoms with Gasteiger partial charge in [-0.1, -0.05) is 0 Å². The molecule has 6 heteroatoms. The number of nitrogens with zero attached hydrogens (tertiary/aromatic N) is 1. The third-order valence-corrected chi connectivity index (χ3v) is 4.77. The zero-order valence-corrected chi connectivity index (χ0v) is 14.5. The van der Waals surface area contributed by atoms with Crippen molar-refractivity contribution in [1.29, 1.82) is 0 Å². The Bertz CT molecular complexity index is 654. The SMILES string of the molecule is C[C@H](NC(=O)C1=CCCCO1)c1cc(F)ccc1N1CCC(O)CC1. The maximum Gasteiger partial charge on any atom is 0.286 e. The third kappa shape index (κ3) is 4.31. The number of aliphatic hydroxyl groups is 1. The lowest BCUT2D eigenvalue weighted by Crippen LogP contribution is -2.37. The Labute approximate surface area is 147 Å². The summed E-state index contributed by atoms with van der Waals surface area (Å²) < 4.78 is 19.2. The van der Waals surface area contributed by atoms with Crippen LogP contribution in [-0.2, 0) is 9.53 Å². The summed E-state index contributed by atoms with van der Waals surface area (Å²) in [6.45, 7) is 3.83. The largest absolute Gasteiger partial charge is 0.488 e. The standard InChI is InChI=1S/C19H25FN2O3/c1-13(21-19(24)18-4-2-3-11-25-18)16-12-14(20)5-6-17(16)22-9-7-15(23)8-10-22/h4-6,12-13,15,23H,2-3,7-11H2,1H3,(H,21,24)/t13-/m0/s1. The first-order valence-corrected chi connectivity index (χ1v) is 8.91. The molecule has 0 aliphatic carbocycles. The number of piperidine rings is 1. The van der Waals surface area contributed by atoms with Gasteiger partial charge in [-0.25, -0.2) is 4.39 Å². The molecule has 1 amide bonds. The molecule has 2 aliphatic rings. The van der Waals surface area contributed by atoms with Gasteiger partial charge in [0.05, 0.1) is 18.8 Å². The number of benzene rings is 1. The summed E-state index contributed by atoms with van der Waals surface area (Å²) in [6.07, 6.45) is 4.66. The highest BCUT2D eigenvalue weighted by Gasteiger charge is 2.23. The normalized spacial score (nSPS) is 19.8. The van der Waals surface area contributed by atoms with Gasteiger partial charge in [0.15, 0.2) is 5.76 Å². The van der Waals surface area contributed by atoms with E-state index in [2.05, 4.69) is 10.2 Å². The van der Waals surface area contributed by atoms with Crippen LogP contribution in [0.15, 0.2) is 30.0 Å². The van der Waals surface area contributed by atoms with Crippen LogP contribution >= 0.6 is 0 Å². The van der Waals surface area contributed by atoms with Gasteiger partial charge in [0.1, 0.15) is 5.82 Å². The Balaban J connectivity index is 1.76. The number of amides is 1. The first-order valence-electron chi connectivity index (χ1n) is 8.91. The molecule has 1 aromatic rings. The number of allylic oxidation sites excluding steroid dienone is 1. The van der Waals surface area contributed by atoms with Crippen LogP contribution in [0.4, 0.5) is 10.1 Å². The van der Waals surface area contributed by atoms with Crippen LogP contribution in [0.3, 0.4) is 0 Å². The van der Waals surface area contributed by atoms with Crippen LogP contribution in [-0.4, -0.2) is 36.8 Å². The van der Waals surface area contributed by atoms with E-state index in [0.717, 1.165) is 24.1 Å². The van der Waals surface area contributed by atoms with E-state index < -0.39 is 0 Å². The van der Waals surface area contributed by atoms with E-state index in [0.29, 0.717) is 38.3 Å². The molecule has 0 unspecified atom stereocenters. The van der Waals surface area contributed by atoms with Gasteiger partial charge in [-0.2, -0.15) is 0 Å². The minimum absolute atomic E-state index is 0.267. The minimum atomic E-state index is -0.350. The van der Waals surface area contributed by atoms with Crippen molar-refractivity contribution in [2.24, 2.45) is 0 Å². The van der Waals surface area contributed by atoms with E-state index in [1.54, 1.807) is 12.1 Å². The number of halogens is 1. The van der Waals surface area contributed by atoms with Crippen molar-refractivity contribution in [2.45, 2.75) is 44.8 Å². The van der Waals surface area contributed by atoms with E-state index in [9.17, 15) is 14.3 Å². The fourth-order valence-electron chi connectivity index (χ4n) is 3.33. The van der Waals surface area contributed by atoms with E-state index in [4.69, 9.17) is 4.74 Å². The van der Waals surface area contributed by atoms with Gasteiger partial charge in [0, 0.05) is 24.3 Å². The number of rotatable bonds is 4. The van der Waals surface area contributed by atoms with Gasteiger partial charge in [-0.15, -0.1) is 0 Å².